The first-order valence-corrected chi connectivity index (χ1v) is 7.86. The summed E-state index contributed by atoms with van der Waals surface area (Å²) < 4.78 is 4.69. The van der Waals surface area contributed by atoms with Gasteiger partial charge in [-0.05, 0) is 49.3 Å². The highest BCUT2D eigenvalue weighted by molar-refractivity contribution is 5.75. The first kappa shape index (κ1) is 15.8. The minimum absolute atomic E-state index is 0.354. The molecule has 1 saturated heterocycles. The number of esters is 1. The molecule has 0 spiro atoms. The Labute approximate surface area is 127 Å². The molecule has 2 rings (SSSR count). The second-order valence-corrected chi connectivity index (χ2v) is 5.70. The summed E-state index contributed by atoms with van der Waals surface area (Å²) in [5, 5.41) is 0. The zero-order chi connectivity index (χ0) is 15.2. The van der Waals surface area contributed by atoms with Crippen molar-refractivity contribution in [3.8, 4) is 0 Å². The molecule has 1 fully saturated rings. The monoisotopic (exact) mass is 290 g/mol. The molecule has 1 unspecified atom stereocenters. The van der Waals surface area contributed by atoms with E-state index in [1.54, 1.807) is 0 Å². The molecule has 0 bridgehead atoms. The molecule has 116 valence electrons. The third-order valence-electron chi connectivity index (χ3n) is 4.18. The van der Waals surface area contributed by atoms with Crippen LogP contribution < -0.4 is 10.6 Å². The maximum Gasteiger partial charge on any atom is 0.322 e. The molecule has 0 amide bonds. The fourth-order valence-corrected chi connectivity index (χ4v) is 2.98. The van der Waals surface area contributed by atoms with Crippen molar-refractivity contribution in [1.29, 1.82) is 0 Å². The van der Waals surface area contributed by atoms with Crippen LogP contribution in [0.2, 0.25) is 0 Å². The summed E-state index contributed by atoms with van der Waals surface area (Å²) in [5.41, 5.74) is 9.63. The van der Waals surface area contributed by atoms with Gasteiger partial charge in [0.15, 0.2) is 0 Å². The molecule has 1 heterocycles. The Morgan fingerprint density at radius 3 is 2.67 bits per heavy atom. The lowest BCUT2D eigenvalue weighted by atomic mass is 9.99. The van der Waals surface area contributed by atoms with Crippen LogP contribution in [0.25, 0.3) is 0 Å². The molecule has 0 radical (unpaired) electrons. The van der Waals surface area contributed by atoms with Crippen molar-refractivity contribution >= 4 is 11.7 Å². The van der Waals surface area contributed by atoms with E-state index >= 15 is 0 Å². The Balaban J connectivity index is 2.13. The summed E-state index contributed by atoms with van der Waals surface area (Å²) in [6, 6.07) is 5.88. The highest BCUT2D eigenvalue weighted by atomic mass is 16.5. The van der Waals surface area contributed by atoms with Gasteiger partial charge in [-0.2, -0.15) is 0 Å². The summed E-state index contributed by atoms with van der Waals surface area (Å²) in [7, 11) is 1.37. The zero-order valence-electron chi connectivity index (χ0n) is 13.1. The number of nitrogens with two attached hydrogens (primary N) is 1. The Morgan fingerprint density at radius 1 is 1.33 bits per heavy atom. The van der Waals surface area contributed by atoms with E-state index in [1.165, 1.54) is 37.6 Å². The van der Waals surface area contributed by atoms with E-state index in [4.69, 9.17) is 5.73 Å². The number of hydrogen-bond donors (Lipinski definition) is 1. The number of nitrogens with zero attached hydrogens (tertiary/aromatic N) is 1. The molecular formula is C17H26N2O2. The molecule has 0 saturated carbocycles. The van der Waals surface area contributed by atoms with Gasteiger partial charge in [0.1, 0.15) is 6.04 Å². The Morgan fingerprint density at radius 2 is 2.05 bits per heavy atom. The normalized spacial score (nSPS) is 16.6. The number of methoxy groups -OCH3 is 1. The van der Waals surface area contributed by atoms with Crippen molar-refractivity contribution in [2.24, 2.45) is 5.73 Å². The third kappa shape index (κ3) is 3.97. The van der Waals surface area contributed by atoms with Gasteiger partial charge < -0.3 is 15.4 Å². The first-order valence-electron chi connectivity index (χ1n) is 7.86. The Kier molecular flexibility index (Phi) is 5.62. The number of piperidine rings is 1. The number of carbonyl (C=O) groups excluding carboxylic acids is 1. The number of benzene rings is 1. The number of anilines is 1. The van der Waals surface area contributed by atoms with E-state index in [9.17, 15) is 4.79 Å². The van der Waals surface area contributed by atoms with Crippen molar-refractivity contribution in [3.63, 3.8) is 0 Å². The fourth-order valence-electron chi connectivity index (χ4n) is 2.98. The second kappa shape index (κ2) is 7.46. The number of aryl methyl sites for hydroxylation is 1. The molecule has 1 aliphatic rings. The van der Waals surface area contributed by atoms with E-state index in [0.29, 0.717) is 6.42 Å². The average molecular weight is 290 g/mol. The Bertz CT molecular complexity index is 482. The molecule has 4 nitrogen and oxygen atoms in total. The average Bonchev–Trinajstić information content (AvgIpc) is 2.54. The van der Waals surface area contributed by atoms with Crippen molar-refractivity contribution in [2.45, 2.75) is 45.1 Å². The van der Waals surface area contributed by atoms with Crippen LogP contribution in [0, 0.1) is 0 Å². The van der Waals surface area contributed by atoms with E-state index in [2.05, 4.69) is 34.8 Å². The van der Waals surface area contributed by atoms with Crippen LogP contribution in [0.4, 0.5) is 5.69 Å². The number of carbonyl (C=O) groups is 1. The molecule has 1 aromatic carbocycles. The minimum Gasteiger partial charge on any atom is -0.468 e. The molecule has 1 aromatic rings. The molecule has 2 N–H and O–H groups in total. The summed E-state index contributed by atoms with van der Waals surface area (Å²) in [6.45, 7) is 4.47. The van der Waals surface area contributed by atoms with Crippen LogP contribution in [0.3, 0.4) is 0 Å². The molecule has 21 heavy (non-hydrogen) atoms. The van der Waals surface area contributed by atoms with Gasteiger partial charge >= 0.3 is 5.97 Å². The van der Waals surface area contributed by atoms with Gasteiger partial charge in [0, 0.05) is 18.8 Å². The Hall–Kier alpha value is -1.55. The topological polar surface area (TPSA) is 55.6 Å². The van der Waals surface area contributed by atoms with Gasteiger partial charge in [0.05, 0.1) is 7.11 Å². The highest BCUT2D eigenvalue weighted by Crippen LogP contribution is 2.26. The van der Waals surface area contributed by atoms with Gasteiger partial charge in [-0.1, -0.05) is 19.1 Å². The van der Waals surface area contributed by atoms with Crippen molar-refractivity contribution in [2.75, 3.05) is 25.1 Å². The van der Waals surface area contributed by atoms with E-state index < -0.39 is 6.04 Å². The standard InChI is InChI=1S/C17H26N2O2/c1-3-14-11-13(12-15(18)17(20)21-2)7-8-16(14)19-9-5-4-6-10-19/h7-8,11,15H,3-6,9-10,12,18H2,1-2H3. The minimum atomic E-state index is -0.583. The predicted molar refractivity (Wildman–Crippen MR) is 85.6 cm³/mol. The molecule has 0 aliphatic carbocycles. The second-order valence-electron chi connectivity index (χ2n) is 5.70. The quantitative estimate of drug-likeness (QED) is 0.845. The largest absolute Gasteiger partial charge is 0.468 e. The van der Waals surface area contributed by atoms with Gasteiger partial charge in [-0.25, -0.2) is 0 Å². The van der Waals surface area contributed by atoms with Crippen molar-refractivity contribution in [3.05, 3.63) is 29.3 Å². The van der Waals surface area contributed by atoms with Crippen LogP contribution in [-0.2, 0) is 22.4 Å². The summed E-state index contributed by atoms with van der Waals surface area (Å²) in [6.07, 6.45) is 5.41. The van der Waals surface area contributed by atoms with E-state index in [1.807, 2.05) is 0 Å². The van der Waals surface area contributed by atoms with Crippen LogP contribution in [0.15, 0.2) is 18.2 Å². The molecule has 1 aliphatic heterocycles. The summed E-state index contributed by atoms with van der Waals surface area (Å²) in [5.74, 6) is -0.354. The number of hydrogen-bond acceptors (Lipinski definition) is 4. The summed E-state index contributed by atoms with van der Waals surface area (Å²) in [4.78, 5) is 13.9. The van der Waals surface area contributed by atoms with Crippen LogP contribution >= 0.6 is 0 Å². The van der Waals surface area contributed by atoms with Crippen LogP contribution in [0.1, 0.15) is 37.3 Å². The maximum absolute atomic E-state index is 11.4. The van der Waals surface area contributed by atoms with Gasteiger partial charge in [-0.3, -0.25) is 4.79 Å². The van der Waals surface area contributed by atoms with Crippen molar-refractivity contribution < 1.29 is 9.53 Å². The predicted octanol–water partition coefficient (Wildman–Crippen LogP) is 2.28. The number of rotatable bonds is 5. The maximum atomic E-state index is 11.4. The fraction of sp³-hybridized carbons (Fsp3) is 0.588. The van der Waals surface area contributed by atoms with Gasteiger partial charge in [0.25, 0.3) is 0 Å². The van der Waals surface area contributed by atoms with Gasteiger partial charge in [0.2, 0.25) is 0 Å². The smallest absolute Gasteiger partial charge is 0.322 e. The van der Waals surface area contributed by atoms with Crippen LogP contribution in [0.5, 0.6) is 0 Å². The molecular weight excluding hydrogens is 264 g/mol. The first-order chi connectivity index (χ1) is 10.2. The lowest BCUT2D eigenvalue weighted by Gasteiger charge is -2.31. The lowest BCUT2D eigenvalue weighted by Crippen LogP contribution is -2.33. The molecule has 4 heteroatoms. The van der Waals surface area contributed by atoms with E-state index in [0.717, 1.165) is 25.1 Å². The third-order valence-corrected chi connectivity index (χ3v) is 4.18. The molecule has 0 aromatic heterocycles. The van der Waals surface area contributed by atoms with E-state index in [-0.39, 0.29) is 5.97 Å². The van der Waals surface area contributed by atoms with Crippen molar-refractivity contribution in [1.82, 2.24) is 0 Å². The number of ether oxygens (including phenoxy) is 1. The SMILES string of the molecule is CCc1cc(CC(N)C(=O)OC)ccc1N1CCCCC1. The van der Waals surface area contributed by atoms with Gasteiger partial charge in [-0.15, -0.1) is 0 Å². The van der Waals surface area contributed by atoms with Crippen LogP contribution in [-0.4, -0.2) is 32.2 Å². The molecule has 1 atom stereocenters. The lowest BCUT2D eigenvalue weighted by molar-refractivity contribution is -0.142. The zero-order valence-corrected chi connectivity index (χ0v) is 13.1. The summed E-state index contributed by atoms with van der Waals surface area (Å²) >= 11 is 0. The highest BCUT2D eigenvalue weighted by Gasteiger charge is 2.17.